The fraction of sp³-hybridized carbons (Fsp3) is 0. The summed E-state index contributed by atoms with van der Waals surface area (Å²) in [5, 5.41) is 1.25. The molecule has 0 bridgehead atoms. The highest BCUT2D eigenvalue weighted by Gasteiger charge is 2.02. The highest BCUT2D eigenvalue weighted by molar-refractivity contribution is 6.04. The zero-order chi connectivity index (χ0) is 12.2. The lowest BCUT2D eigenvalue weighted by Crippen LogP contribution is -1.62. The van der Waals surface area contributed by atoms with E-state index < -0.39 is 0 Å². The molecule has 0 atom stereocenters. The summed E-state index contributed by atoms with van der Waals surface area (Å²) >= 11 is 0. The first-order chi connectivity index (χ1) is 8.06. The summed E-state index contributed by atoms with van der Waals surface area (Å²) in [5.74, 6) is 0. The first kappa shape index (κ1) is 3.97. The monoisotopic (exact) mass is 172 g/mol. The maximum Gasteiger partial charge on any atom is 0.135 e. The maximum absolute atomic E-state index is 7.74. The summed E-state index contributed by atoms with van der Waals surface area (Å²) in [6.07, 6.45) is 0. The van der Waals surface area contributed by atoms with Gasteiger partial charge in [0, 0.05) is 10.8 Å². The lowest BCUT2D eigenvalue weighted by atomic mass is 10.2. The van der Waals surface area contributed by atoms with Gasteiger partial charge >= 0.3 is 0 Å². The van der Waals surface area contributed by atoms with Crippen LogP contribution in [0.3, 0.4) is 0 Å². The van der Waals surface area contributed by atoms with Gasteiger partial charge in [-0.05, 0) is 12.1 Å². The number of furan rings is 1. The number of fused-ring (bicyclic) bond motifs is 3. The Kier molecular flexibility index (Phi) is 0.720. The molecule has 0 saturated heterocycles. The smallest absolute Gasteiger partial charge is 0.135 e. The van der Waals surface area contributed by atoms with E-state index >= 15 is 0 Å². The predicted octanol–water partition coefficient (Wildman–Crippen LogP) is 3.59. The normalized spacial score (nSPS) is 15.4. The first-order valence-electron chi connectivity index (χ1n) is 5.97. The van der Waals surface area contributed by atoms with Gasteiger partial charge in [-0.15, -0.1) is 0 Å². The molecule has 0 spiro atoms. The summed E-state index contributed by atoms with van der Waals surface area (Å²) in [7, 11) is 0. The van der Waals surface area contributed by atoms with Crippen molar-refractivity contribution in [1.29, 1.82) is 0 Å². The average Bonchev–Trinajstić information content (AvgIpc) is 2.58. The quantitative estimate of drug-likeness (QED) is 0.505. The molecule has 0 aliphatic carbocycles. The molecule has 1 heteroatoms. The van der Waals surface area contributed by atoms with Crippen molar-refractivity contribution in [2.24, 2.45) is 0 Å². The van der Waals surface area contributed by atoms with Crippen molar-refractivity contribution >= 4 is 21.9 Å². The highest BCUT2D eigenvalue weighted by Crippen LogP contribution is 2.27. The van der Waals surface area contributed by atoms with Gasteiger partial charge in [0.25, 0.3) is 0 Å². The third-order valence-electron chi connectivity index (χ3n) is 2.01. The van der Waals surface area contributed by atoms with Gasteiger partial charge in [-0.3, -0.25) is 0 Å². The third-order valence-corrected chi connectivity index (χ3v) is 2.01. The topological polar surface area (TPSA) is 13.1 Å². The van der Waals surface area contributed by atoms with Gasteiger partial charge in [-0.25, -0.2) is 0 Å². The Morgan fingerprint density at radius 3 is 2.00 bits per heavy atom. The van der Waals surface area contributed by atoms with Gasteiger partial charge < -0.3 is 4.42 Å². The van der Waals surface area contributed by atoms with Gasteiger partial charge in [0.2, 0.25) is 0 Å². The molecular weight excluding hydrogens is 160 g/mol. The van der Waals surface area contributed by atoms with Crippen LogP contribution in [0, 0.1) is 0 Å². The van der Waals surface area contributed by atoms with Gasteiger partial charge in [0.15, 0.2) is 0 Å². The van der Waals surface area contributed by atoms with E-state index in [2.05, 4.69) is 0 Å². The Balaban J connectivity index is 2.60. The molecule has 0 amide bonds. The van der Waals surface area contributed by atoms with Crippen molar-refractivity contribution in [1.82, 2.24) is 0 Å². The second kappa shape index (κ2) is 2.36. The van der Waals surface area contributed by atoms with Gasteiger partial charge in [-0.2, -0.15) is 0 Å². The minimum Gasteiger partial charge on any atom is -0.456 e. The number of hydrogen-bond donors (Lipinski definition) is 0. The van der Waals surface area contributed by atoms with Crippen molar-refractivity contribution < 1.29 is 9.90 Å². The lowest BCUT2D eigenvalue weighted by Gasteiger charge is -1.85. The van der Waals surface area contributed by atoms with Crippen molar-refractivity contribution in [3.8, 4) is 0 Å². The molecule has 1 heterocycles. The van der Waals surface area contributed by atoms with Crippen LogP contribution in [0.1, 0.15) is 5.48 Å². The van der Waals surface area contributed by atoms with Crippen LogP contribution in [0.15, 0.2) is 52.9 Å². The molecule has 0 aliphatic heterocycles. The number of para-hydroxylation sites is 2. The van der Waals surface area contributed by atoms with E-state index in [1.807, 2.05) is 0 Å². The van der Waals surface area contributed by atoms with Gasteiger partial charge in [0.1, 0.15) is 11.2 Å². The van der Waals surface area contributed by atoms with Crippen molar-refractivity contribution in [2.75, 3.05) is 0 Å². The zero-order valence-electron chi connectivity index (χ0n) is 10.7. The van der Waals surface area contributed by atoms with Crippen molar-refractivity contribution in [3.63, 3.8) is 0 Å². The standard InChI is InChI=1S/C12H8O/c1-3-7-11-9(5-1)10-6-2-4-8-12(10)13-11/h1-8H/i1D,2D,7D,8D. The van der Waals surface area contributed by atoms with E-state index in [1.54, 1.807) is 12.1 Å². The van der Waals surface area contributed by atoms with Crippen LogP contribution >= 0.6 is 0 Å². The van der Waals surface area contributed by atoms with Crippen LogP contribution < -0.4 is 0 Å². The van der Waals surface area contributed by atoms with E-state index in [0.29, 0.717) is 21.9 Å². The van der Waals surface area contributed by atoms with Crippen LogP contribution in [-0.2, 0) is 0 Å². The molecule has 0 unspecified atom stereocenters. The van der Waals surface area contributed by atoms with Crippen molar-refractivity contribution in [2.45, 2.75) is 0 Å². The molecule has 3 aromatic rings. The van der Waals surface area contributed by atoms with Crippen molar-refractivity contribution in [3.05, 3.63) is 48.4 Å². The van der Waals surface area contributed by atoms with E-state index in [1.165, 1.54) is 12.1 Å². The summed E-state index contributed by atoms with van der Waals surface area (Å²) in [4.78, 5) is 0. The Hall–Kier alpha value is -1.76. The Bertz CT molecular complexity index is 683. The lowest BCUT2D eigenvalue weighted by molar-refractivity contribution is 0.669. The molecule has 62 valence electrons. The Labute approximate surface area is 81.2 Å². The zero-order valence-corrected chi connectivity index (χ0v) is 6.72. The van der Waals surface area contributed by atoms with Crippen LogP contribution in [0.5, 0.6) is 0 Å². The first-order valence-corrected chi connectivity index (χ1v) is 3.97. The van der Waals surface area contributed by atoms with E-state index in [9.17, 15) is 0 Å². The van der Waals surface area contributed by atoms with Crippen LogP contribution in [0.25, 0.3) is 21.9 Å². The second-order valence-corrected chi connectivity index (χ2v) is 2.79. The molecule has 0 aliphatic rings. The Morgan fingerprint density at radius 1 is 0.923 bits per heavy atom. The SMILES string of the molecule is [2H]c1cc([2H])c2oc3c([2H])cc([2H])cc3c2c1. The van der Waals surface area contributed by atoms with Gasteiger partial charge in [-0.1, -0.05) is 36.4 Å². The third kappa shape index (κ3) is 0.872. The maximum atomic E-state index is 7.74. The van der Waals surface area contributed by atoms with E-state index in [0.717, 1.165) is 0 Å². The summed E-state index contributed by atoms with van der Waals surface area (Å²) in [5.41, 5.74) is 0.741. The Morgan fingerprint density at radius 2 is 1.46 bits per heavy atom. The minimum absolute atomic E-state index is 0.134. The summed E-state index contributed by atoms with van der Waals surface area (Å²) in [6.45, 7) is 0. The largest absolute Gasteiger partial charge is 0.456 e. The molecular formula is C12H8O. The molecule has 2 aromatic carbocycles. The fourth-order valence-electron chi connectivity index (χ4n) is 1.42. The van der Waals surface area contributed by atoms with Gasteiger partial charge in [0.05, 0.1) is 5.48 Å². The van der Waals surface area contributed by atoms with E-state index in [-0.39, 0.29) is 24.2 Å². The molecule has 0 saturated carbocycles. The summed E-state index contributed by atoms with van der Waals surface area (Å²) in [6, 6.07) is 6.71. The highest BCUT2D eigenvalue weighted by atomic mass is 16.3. The second-order valence-electron chi connectivity index (χ2n) is 2.79. The van der Waals surface area contributed by atoms with Crippen LogP contribution in [0.4, 0.5) is 0 Å². The molecule has 13 heavy (non-hydrogen) atoms. The average molecular weight is 172 g/mol. The number of benzene rings is 2. The van der Waals surface area contributed by atoms with Crippen LogP contribution in [0.2, 0.25) is 0 Å². The fourth-order valence-corrected chi connectivity index (χ4v) is 1.42. The summed E-state index contributed by atoms with van der Waals surface area (Å²) < 4.78 is 36.1. The molecule has 1 aromatic heterocycles. The van der Waals surface area contributed by atoms with Crippen LogP contribution in [-0.4, -0.2) is 0 Å². The van der Waals surface area contributed by atoms with E-state index in [4.69, 9.17) is 9.90 Å². The molecule has 0 fully saturated rings. The molecule has 0 radical (unpaired) electrons. The predicted molar refractivity (Wildman–Crippen MR) is 53.7 cm³/mol. The molecule has 0 N–H and O–H groups in total. The molecule has 1 nitrogen and oxygen atoms in total. The number of rotatable bonds is 0. The number of hydrogen-bond acceptors (Lipinski definition) is 1. The molecule has 3 rings (SSSR count). The minimum atomic E-state index is 0.134.